The van der Waals surface area contributed by atoms with E-state index in [9.17, 15) is 18.0 Å². The van der Waals surface area contributed by atoms with Gasteiger partial charge in [0.1, 0.15) is 9.84 Å². The normalized spacial score (nSPS) is 11.2. The van der Waals surface area contributed by atoms with Crippen LogP contribution in [0.15, 0.2) is 0 Å². The van der Waals surface area contributed by atoms with Crippen LogP contribution in [0.1, 0.15) is 25.7 Å². The van der Waals surface area contributed by atoms with Gasteiger partial charge in [-0.15, -0.1) is 0 Å². The first-order valence-electron chi connectivity index (χ1n) is 5.36. The summed E-state index contributed by atoms with van der Waals surface area (Å²) in [5.41, 5.74) is 0. The fourth-order valence-corrected chi connectivity index (χ4v) is 1.78. The second-order valence-corrected chi connectivity index (χ2v) is 6.31. The van der Waals surface area contributed by atoms with Gasteiger partial charge in [0, 0.05) is 32.7 Å². The number of aliphatic carboxylic acids is 1. The number of carbonyl (C=O) groups is 2. The van der Waals surface area contributed by atoms with Gasteiger partial charge >= 0.3 is 5.97 Å². The Kier molecular flexibility index (Phi) is 6.79. The van der Waals surface area contributed by atoms with Crippen molar-refractivity contribution in [1.29, 1.82) is 0 Å². The SMILES string of the molecule is CN(CCS(C)(=O)=O)C(=O)CCCCC(=O)O. The van der Waals surface area contributed by atoms with Gasteiger partial charge in [-0.25, -0.2) is 8.42 Å². The number of carboxylic acid groups (broad SMARTS) is 1. The summed E-state index contributed by atoms with van der Waals surface area (Å²) in [6.07, 6.45) is 2.40. The summed E-state index contributed by atoms with van der Waals surface area (Å²) in [7, 11) is -1.51. The minimum absolute atomic E-state index is 0.0512. The molecule has 0 spiro atoms. The Morgan fingerprint density at radius 1 is 1.18 bits per heavy atom. The van der Waals surface area contributed by atoms with Crippen molar-refractivity contribution in [3.05, 3.63) is 0 Å². The fourth-order valence-electron chi connectivity index (χ4n) is 1.17. The lowest BCUT2D eigenvalue weighted by atomic mass is 10.2. The summed E-state index contributed by atoms with van der Waals surface area (Å²) >= 11 is 0. The molecule has 0 atom stereocenters. The molecule has 0 aliphatic rings. The van der Waals surface area contributed by atoms with Crippen molar-refractivity contribution in [1.82, 2.24) is 4.90 Å². The van der Waals surface area contributed by atoms with E-state index in [1.54, 1.807) is 7.05 Å². The standard InChI is InChI=1S/C10H19NO5S/c1-11(7-8-17(2,15)16)9(12)5-3-4-6-10(13)14/h3-8H2,1-2H3,(H,13,14). The van der Waals surface area contributed by atoms with Crippen molar-refractivity contribution in [3.8, 4) is 0 Å². The van der Waals surface area contributed by atoms with Crippen LogP contribution in [0.3, 0.4) is 0 Å². The Hall–Kier alpha value is -1.11. The molecule has 0 rings (SSSR count). The molecule has 0 aliphatic carbocycles. The summed E-state index contributed by atoms with van der Waals surface area (Å²) in [5, 5.41) is 8.40. The van der Waals surface area contributed by atoms with E-state index in [4.69, 9.17) is 5.11 Å². The van der Waals surface area contributed by atoms with E-state index in [-0.39, 0.29) is 31.0 Å². The summed E-state index contributed by atoms with van der Waals surface area (Å²) in [6, 6.07) is 0. The first kappa shape index (κ1) is 15.9. The van der Waals surface area contributed by atoms with Gasteiger partial charge in [-0.3, -0.25) is 9.59 Å². The van der Waals surface area contributed by atoms with E-state index >= 15 is 0 Å². The molecule has 0 bridgehead atoms. The van der Waals surface area contributed by atoms with Crippen LogP contribution in [0.2, 0.25) is 0 Å². The van der Waals surface area contributed by atoms with E-state index in [0.717, 1.165) is 6.26 Å². The molecule has 0 radical (unpaired) electrons. The number of rotatable bonds is 8. The third kappa shape index (κ3) is 9.80. The van der Waals surface area contributed by atoms with Crippen LogP contribution in [0.25, 0.3) is 0 Å². The van der Waals surface area contributed by atoms with Gasteiger partial charge in [0.15, 0.2) is 0 Å². The van der Waals surface area contributed by atoms with Crippen LogP contribution in [-0.2, 0) is 19.4 Å². The molecular weight excluding hydrogens is 246 g/mol. The maximum atomic E-state index is 11.5. The van der Waals surface area contributed by atoms with Crippen LogP contribution < -0.4 is 0 Å². The third-order valence-corrected chi connectivity index (χ3v) is 3.18. The number of amides is 1. The Balaban J connectivity index is 3.79. The number of carboxylic acids is 1. The molecule has 1 N–H and O–H groups in total. The number of nitrogens with zero attached hydrogens (tertiary/aromatic N) is 1. The lowest BCUT2D eigenvalue weighted by Crippen LogP contribution is -2.31. The second-order valence-electron chi connectivity index (χ2n) is 4.05. The summed E-state index contributed by atoms with van der Waals surface area (Å²) in [6.45, 7) is 0.177. The minimum atomic E-state index is -3.06. The quantitative estimate of drug-likeness (QED) is 0.630. The molecule has 0 aliphatic heterocycles. The Morgan fingerprint density at radius 3 is 2.18 bits per heavy atom. The van der Waals surface area contributed by atoms with Crippen molar-refractivity contribution in [3.63, 3.8) is 0 Å². The highest BCUT2D eigenvalue weighted by molar-refractivity contribution is 7.90. The molecule has 100 valence electrons. The van der Waals surface area contributed by atoms with Crippen LogP contribution >= 0.6 is 0 Å². The maximum absolute atomic E-state index is 11.5. The molecule has 0 aromatic carbocycles. The number of carbonyl (C=O) groups excluding carboxylic acids is 1. The number of hydrogen-bond donors (Lipinski definition) is 1. The molecule has 17 heavy (non-hydrogen) atoms. The van der Waals surface area contributed by atoms with E-state index in [2.05, 4.69) is 0 Å². The van der Waals surface area contributed by atoms with Crippen molar-refractivity contribution in [2.75, 3.05) is 25.6 Å². The van der Waals surface area contributed by atoms with Crippen LogP contribution in [0, 0.1) is 0 Å². The van der Waals surface area contributed by atoms with Crippen LogP contribution in [0.4, 0.5) is 0 Å². The molecule has 0 aromatic heterocycles. The lowest BCUT2D eigenvalue weighted by Gasteiger charge is -2.16. The zero-order valence-electron chi connectivity index (χ0n) is 10.2. The lowest BCUT2D eigenvalue weighted by molar-refractivity contribution is -0.137. The minimum Gasteiger partial charge on any atom is -0.481 e. The molecule has 0 saturated carbocycles. The average Bonchev–Trinajstić information content (AvgIpc) is 2.19. The smallest absolute Gasteiger partial charge is 0.303 e. The van der Waals surface area contributed by atoms with Crippen LogP contribution in [-0.4, -0.2) is 55.9 Å². The van der Waals surface area contributed by atoms with Gasteiger partial charge in [0.05, 0.1) is 5.75 Å². The van der Waals surface area contributed by atoms with E-state index in [0.29, 0.717) is 12.8 Å². The number of sulfone groups is 1. The molecule has 0 fully saturated rings. The van der Waals surface area contributed by atoms with Crippen molar-refractivity contribution in [2.24, 2.45) is 0 Å². The Morgan fingerprint density at radius 2 is 1.71 bits per heavy atom. The highest BCUT2D eigenvalue weighted by Gasteiger charge is 2.11. The van der Waals surface area contributed by atoms with E-state index in [1.807, 2.05) is 0 Å². The van der Waals surface area contributed by atoms with Crippen LogP contribution in [0.5, 0.6) is 0 Å². The topological polar surface area (TPSA) is 91.8 Å². The Bertz CT molecular complexity index is 363. The van der Waals surface area contributed by atoms with Crippen molar-refractivity contribution in [2.45, 2.75) is 25.7 Å². The summed E-state index contributed by atoms with van der Waals surface area (Å²) in [4.78, 5) is 23.1. The van der Waals surface area contributed by atoms with E-state index < -0.39 is 15.8 Å². The highest BCUT2D eigenvalue weighted by Crippen LogP contribution is 2.02. The Labute approximate surface area is 102 Å². The maximum Gasteiger partial charge on any atom is 0.303 e. The molecule has 0 unspecified atom stereocenters. The fraction of sp³-hybridized carbons (Fsp3) is 0.800. The van der Waals surface area contributed by atoms with Gasteiger partial charge in [-0.1, -0.05) is 0 Å². The van der Waals surface area contributed by atoms with Gasteiger partial charge in [-0.05, 0) is 12.8 Å². The summed E-state index contributed by atoms with van der Waals surface area (Å²) in [5.74, 6) is -1.08. The molecule has 0 saturated heterocycles. The molecule has 0 aromatic rings. The third-order valence-electron chi connectivity index (χ3n) is 2.25. The molecule has 1 amide bonds. The van der Waals surface area contributed by atoms with Crippen molar-refractivity contribution < 1.29 is 23.1 Å². The summed E-state index contributed by atoms with van der Waals surface area (Å²) < 4.78 is 21.8. The first-order valence-corrected chi connectivity index (χ1v) is 7.42. The predicted molar refractivity (Wildman–Crippen MR) is 63.5 cm³/mol. The molecule has 7 heteroatoms. The first-order chi connectivity index (χ1) is 7.72. The van der Waals surface area contributed by atoms with Gasteiger partial charge in [0.25, 0.3) is 0 Å². The molecule has 0 heterocycles. The second kappa shape index (κ2) is 7.26. The number of hydrogen-bond acceptors (Lipinski definition) is 4. The van der Waals surface area contributed by atoms with Gasteiger partial charge in [0.2, 0.25) is 5.91 Å². The largest absolute Gasteiger partial charge is 0.481 e. The predicted octanol–water partition coefficient (Wildman–Crippen LogP) is 0.134. The molecule has 6 nitrogen and oxygen atoms in total. The zero-order valence-corrected chi connectivity index (χ0v) is 11.0. The van der Waals surface area contributed by atoms with E-state index in [1.165, 1.54) is 4.90 Å². The van der Waals surface area contributed by atoms with Crippen molar-refractivity contribution >= 4 is 21.7 Å². The number of unbranched alkanes of at least 4 members (excludes halogenated alkanes) is 1. The highest BCUT2D eigenvalue weighted by atomic mass is 32.2. The monoisotopic (exact) mass is 265 g/mol. The van der Waals surface area contributed by atoms with Gasteiger partial charge < -0.3 is 10.0 Å². The zero-order chi connectivity index (χ0) is 13.5. The molecular formula is C10H19NO5S. The van der Waals surface area contributed by atoms with Gasteiger partial charge in [-0.2, -0.15) is 0 Å². The average molecular weight is 265 g/mol.